The molecule has 2 amide bonds. The molecular formula is C20H21F3N4O4S. The lowest BCUT2D eigenvalue weighted by Gasteiger charge is -2.27. The summed E-state index contributed by atoms with van der Waals surface area (Å²) in [5.41, 5.74) is -0.486. The standard InChI is InChI=1S/C20H21F3N4O4S/c1-12-10-17(20(21,22)23)25-27(12)16-11-14(24-18(28)13-2-3-13)4-5-15(16)19(29)26-6-8-32(30,31)9-7-26/h4-5,10-11,13H,2-3,6-9H2,1H3,(H,24,28). The maximum Gasteiger partial charge on any atom is 0.435 e. The molecule has 2 aliphatic rings. The number of aromatic nitrogens is 2. The third-order valence-electron chi connectivity index (χ3n) is 5.48. The van der Waals surface area contributed by atoms with Crippen molar-refractivity contribution in [2.75, 3.05) is 29.9 Å². The first-order chi connectivity index (χ1) is 14.9. The molecule has 1 aliphatic carbocycles. The highest BCUT2D eigenvalue weighted by Gasteiger charge is 2.35. The van der Waals surface area contributed by atoms with Crippen molar-refractivity contribution in [3.05, 3.63) is 41.2 Å². The average Bonchev–Trinajstić information content (AvgIpc) is 3.48. The fraction of sp³-hybridized carbons (Fsp3) is 0.450. The van der Waals surface area contributed by atoms with Crippen molar-refractivity contribution in [1.82, 2.24) is 14.7 Å². The summed E-state index contributed by atoms with van der Waals surface area (Å²) >= 11 is 0. The molecular weight excluding hydrogens is 449 g/mol. The van der Waals surface area contributed by atoms with E-state index in [0.29, 0.717) is 5.69 Å². The van der Waals surface area contributed by atoms with Crippen molar-refractivity contribution in [2.45, 2.75) is 25.9 Å². The minimum absolute atomic E-state index is 0.00728. The molecule has 1 aliphatic heterocycles. The summed E-state index contributed by atoms with van der Waals surface area (Å²) in [6, 6.07) is 5.20. The average molecular weight is 470 g/mol. The van der Waals surface area contributed by atoms with E-state index >= 15 is 0 Å². The van der Waals surface area contributed by atoms with Crippen molar-refractivity contribution in [3.8, 4) is 5.69 Å². The zero-order valence-corrected chi connectivity index (χ0v) is 18.0. The second kappa shape index (κ2) is 7.91. The van der Waals surface area contributed by atoms with Gasteiger partial charge in [-0.25, -0.2) is 13.1 Å². The first-order valence-corrected chi connectivity index (χ1v) is 11.9. The number of halogens is 3. The van der Waals surface area contributed by atoms with E-state index in [1.807, 2.05) is 0 Å². The molecule has 8 nitrogen and oxygen atoms in total. The van der Waals surface area contributed by atoms with Crippen LogP contribution in [0.5, 0.6) is 0 Å². The summed E-state index contributed by atoms with van der Waals surface area (Å²) < 4.78 is 64.0. The number of carbonyl (C=O) groups is 2. The molecule has 2 heterocycles. The Hall–Kier alpha value is -2.89. The van der Waals surface area contributed by atoms with Crippen molar-refractivity contribution < 1.29 is 31.2 Å². The Balaban J connectivity index is 1.73. The molecule has 1 aromatic heterocycles. The van der Waals surface area contributed by atoms with Crippen LogP contribution in [-0.2, 0) is 20.8 Å². The SMILES string of the molecule is Cc1cc(C(F)(F)F)nn1-c1cc(NC(=O)C2CC2)ccc1C(=O)N1CCS(=O)(=O)CC1. The van der Waals surface area contributed by atoms with E-state index in [1.165, 1.54) is 30.0 Å². The van der Waals surface area contributed by atoms with E-state index in [9.17, 15) is 31.2 Å². The number of hydrogen-bond donors (Lipinski definition) is 1. The number of hydrogen-bond acceptors (Lipinski definition) is 5. The van der Waals surface area contributed by atoms with Crippen LogP contribution in [0.15, 0.2) is 24.3 Å². The van der Waals surface area contributed by atoms with E-state index < -0.39 is 27.6 Å². The molecule has 2 aromatic rings. The van der Waals surface area contributed by atoms with E-state index in [1.54, 1.807) is 0 Å². The number of rotatable bonds is 4. The molecule has 0 atom stereocenters. The lowest BCUT2D eigenvalue weighted by atomic mass is 10.1. The third-order valence-corrected chi connectivity index (χ3v) is 7.09. The Morgan fingerprint density at radius 3 is 2.34 bits per heavy atom. The van der Waals surface area contributed by atoms with Gasteiger partial charge >= 0.3 is 6.18 Å². The van der Waals surface area contributed by atoms with E-state index in [4.69, 9.17) is 0 Å². The normalized spacial score (nSPS) is 18.4. The molecule has 172 valence electrons. The van der Waals surface area contributed by atoms with Gasteiger partial charge in [0, 0.05) is 30.4 Å². The van der Waals surface area contributed by atoms with Gasteiger partial charge in [0.1, 0.15) is 0 Å². The Morgan fingerprint density at radius 2 is 1.78 bits per heavy atom. The van der Waals surface area contributed by atoms with Crippen LogP contribution in [0.4, 0.5) is 18.9 Å². The van der Waals surface area contributed by atoms with Crippen LogP contribution in [-0.4, -0.2) is 59.5 Å². The maximum atomic E-state index is 13.2. The summed E-state index contributed by atoms with van der Waals surface area (Å²) in [7, 11) is -3.22. The molecule has 4 rings (SSSR count). The molecule has 2 fully saturated rings. The van der Waals surface area contributed by atoms with Gasteiger partial charge in [0.2, 0.25) is 5.91 Å². The van der Waals surface area contributed by atoms with Crippen LogP contribution in [0.3, 0.4) is 0 Å². The number of anilines is 1. The maximum absolute atomic E-state index is 13.2. The zero-order chi connectivity index (χ0) is 23.3. The molecule has 12 heteroatoms. The molecule has 1 N–H and O–H groups in total. The number of nitrogens with one attached hydrogen (secondary N) is 1. The van der Waals surface area contributed by atoms with Crippen LogP contribution < -0.4 is 5.32 Å². The second-order valence-corrected chi connectivity index (χ2v) is 10.3. The quantitative estimate of drug-likeness (QED) is 0.740. The summed E-state index contributed by atoms with van der Waals surface area (Å²) in [4.78, 5) is 26.6. The van der Waals surface area contributed by atoms with E-state index in [2.05, 4.69) is 10.4 Å². The Morgan fingerprint density at radius 1 is 1.12 bits per heavy atom. The van der Waals surface area contributed by atoms with Crippen molar-refractivity contribution >= 4 is 27.3 Å². The van der Waals surface area contributed by atoms with Gasteiger partial charge in [0.05, 0.1) is 22.8 Å². The fourth-order valence-electron chi connectivity index (χ4n) is 3.50. The minimum Gasteiger partial charge on any atom is -0.337 e. The van der Waals surface area contributed by atoms with E-state index in [-0.39, 0.29) is 53.4 Å². The monoisotopic (exact) mass is 470 g/mol. The predicted molar refractivity (Wildman–Crippen MR) is 109 cm³/mol. The number of amides is 2. The van der Waals surface area contributed by atoms with Gasteiger partial charge in [-0.2, -0.15) is 18.3 Å². The minimum atomic E-state index is -4.67. The first kappa shape index (κ1) is 22.3. The van der Waals surface area contributed by atoms with Crippen molar-refractivity contribution in [3.63, 3.8) is 0 Å². The van der Waals surface area contributed by atoms with E-state index in [0.717, 1.165) is 23.6 Å². The summed E-state index contributed by atoms with van der Waals surface area (Å²) in [5, 5.41) is 6.36. The van der Waals surface area contributed by atoms with Crippen molar-refractivity contribution in [1.29, 1.82) is 0 Å². The highest BCUT2D eigenvalue weighted by atomic mass is 32.2. The zero-order valence-electron chi connectivity index (χ0n) is 17.1. The van der Waals surface area contributed by atoms with Crippen LogP contribution >= 0.6 is 0 Å². The number of aryl methyl sites for hydroxylation is 1. The van der Waals surface area contributed by atoms with Crippen molar-refractivity contribution in [2.24, 2.45) is 5.92 Å². The first-order valence-electron chi connectivity index (χ1n) is 10.0. The molecule has 0 bridgehead atoms. The van der Waals surface area contributed by atoms with Gasteiger partial charge in [-0.15, -0.1) is 0 Å². The molecule has 1 saturated heterocycles. The Kier molecular flexibility index (Phi) is 5.51. The molecule has 0 spiro atoms. The van der Waals surface area contributed by atoms with Crippen LogP contribution in [0.1, 0.15) is 34.6 Å². The highest BCUT2D eigenvalue weighted by Crippen LogP contribution is 2.32. The molecule has 1 aromatic carbocycles. The third kappa shape index (κ3) is 4.64. The number of benzene rings is 1. The smallest absolute Gasteiger partial charge is 0.337 e. The van der Waals surface area contributed by atoms with Crippen LogP contribution in [0.25, 0.3) is 5.69 Å². The number of alkyl halides is 3. The van der Waals surface area contributed by atoms with Gasteiger partial charge in [-0.05, 0) is 44.0 Å². The number of nitrogens with zero attached hydrogens (tertiary/aromatic N) is 3. The Bertz CT molecular complexity index is 1170. The molecule has 1 saturated carbocycles. The summed E-state index contributed by atoms with van der Waals surface area (Å²) in [6.07, 6.45) is -3.11. The number of sulfone groups is 1. The van der Waals surface area contributed by atoms with Crippen LogP contribution in [0.2, 0.25) is 0 Å². The van der Waals surface area contributed by atoms with Crippen LogP contribution in [0, 0.1) is 12.8 Å². The fourth-order valence-corrected chi connectivity index (χ4v) is 4.70. The van der Waals surface area contributed by atoms with Gasteiger partial charge < -0.3 is 10.2 Å². The lowest BCUT2D eigenvalue weighted by Crippen LogP contribution is -2.44. The largest absolute Gasteiger partial charge is 0.435 e. The second-order valence-electron chi connectivity index (χ2n) is 8.02. The molecule has 32 heavy (non-hydrogen) atoms. The van der Waals surface area contributed by atoms with Gasteiger partial charge in [-0.1, -0.05) is 0 Å². The highest BCUT2D eigenvalue weighted by molar-refractivity contribution is 7.91. The topological polar surface area (TPSA) is 101 Å². The molecule has 0 radical (unpaired) electrons. The summed E-state index contributed by atoms with van der Waals surface area (Å²) in [6.45, 7) is 1.42. The predicted octanol–water partition coefficient (Wildman–Crippen LogP) is 2.42. The molecule has 0 unspecified atom stereocenters. The lowest BCUT2D eigenvalue weighted by molar-refractivity contribution is -0.141. The van der Waals surface area contributed by atoms with Gasteiger partial charge in [-0.3, -0.25) is 9.59 Å². The van der Waals surface area contributed by atoms with Gasteiger partial charge in [0.25, 0.3) is 5.91 Å². The van der Waals surface area contributed by atoms with Gasteiger partial charge in [0.15, 0.2) is 15.5 Å². The number of carbonyl (C=O) groups excluding carboxylic acids is 2. The summed E-state index contributed by atoms with van der Waals surface area (Å²) in [5.74, 6) is -1.15. The Labute approximate surface area is 182 Å².